The molecular weight excluding hydrogens is 350 g/mol. The number of rotatable bonds is 8. The Morgan fingerprint density at radius 1 is 1.14 bits per heavy atom. The van der Waals surface area contributed by atoms with E-state index < -0.39 is 0 Å². The quantitative estimate of drug-likeness (QED) is 0.602. The predicted octanol–water partition coefficient (Wildman–Crippen LogP) is 2.94. The Morgan fingerprint density at radius 2 is 2.00 bits per heavy atom. The van der Waals surface area contributed by atoms with Crippen LogP contribution >= 0.6 is 0 Å². The van der Waals surface area contributed by atoms with Crippen LogP contribution in [0.3, 0.4) is 0 Å². The molecule has 2 aromatic heterocycles. The number of hydrogen-bond acceptors (Lipinski definition) is 5. The lowest BCUT2D eigenvalue weighted by Gasteiger charge is -2.26. The Bertz CT molecular complexity index is 886. The van der Waals surface area contributed by atoms with E-state index in [1.54, 1.807) is 6.20 Å². The van der Waals surface area contributed by atoms with Crippen molar-refractivity contribution in [1.82, 2.24) is 24.2 Å². The Hall–Kier alpha value is -2.28. The second kappa shape index (κ2) is 8.82. The highest BCUT2D eigenvalue weighted by Crippen LogP contribution is 2.25. The van der Waals surface area contributed by atoms with E-state index in [0.29, 0.717) is 6.10 Å². The number of nitrogens with zero attached hydrogens (tertiary/aromatic N) is 5. The molecule has 0 saturated carbocycles. The van der Waals surface area contributed by atoms with Gasteiger partial charge in [0.25, 0.3) is 0 Å². The fourth-order valence-corrected chi connectivity index (χ4v) is 3.78. The molecular formula is C22H29N5O. The maximum atomic E-state index is 5.92. The molecule has 1 fully saturated rings. The molecule has 3 heterocycles. The van der Waals surface area contributed by atoms with Gasteiger partial charge in [-0.1, -0.05) is 30.3 Å². The molecule has 0 radical (unpaired) electrons. The molecule has 1 atom stereocenters. The van der Waals surface area contributed by atoms with Gasteiger partial charge in [-0.2, -0.15) is 0 Å². The highest BCUT2D eigenvalue weighted by molar-refractivity contribution is 5.65. The van der Waals surface area contributed by atoms with E-state index in [1.165, 1.54) is 12.1 Å². The van der Waals surface area contributed by atoms with Crippen LogP contribution in [0.25, 0.3) is 17.0 Å². The van der Waals surface area contributed by atoms with Crippen LogP contribution in [0.15, 0.2) is 48.8 Å². The van der Waals surface area contributed by atoms with Gasteiger partial charge in [0, 0.05) is 50.7 Å². The van der Waals surface area contributed by atoms with Gasteiger partial charge in [0.05, 0.1) is 17.5 Å². The third-order valence-corrected chi connectivity index (χ3v) is 5.27. The van der Waals surface area contributed by atoms with Crippen molar-refractivity contribution in [3.8, 4) is 11.3 Å². The largest absolute Gasteiger partial charge is 0.377 e. The number of hydrogen-bond donors (Lipinski definition) is 0. The summed E-state index contributed by atoms with van der Waals surface area (Å²) >= 11 is 0. The average molecular weight is 380 g/mol. The summed E-state index contributed by atoms with van der Waals surface area (Å²) in [5.74, 6) is 0.751. The Balaban J connectivity index is 1.66. The van der Waals surface area contributed by atoms with Crippen LogP contribution in [0.4, 0.5) is 0 Å². The molecule has 28 heavy (non-hydrogen) atoms. The van der Waals surface area contributed by atoms with Gasteiger partial charge in [0.1, 0.15) is 0 Å². The van der Waals surface area contributed by atoms with Gasteiger partial charge in [0.15, 0.2) is 0 Å². The average Bonchev–Trinajstić information content (AvgIpc) is 3.35. The van der Waals surface area contributed by atoms with Crippen molar-refractivity contribution in [1.29, 1.82) is 0 Å². The van der Waals surface area contributed by atoms with Crippen molar-refractivity contribution in [2.45, 2.75) is 25.5 Å². The zero-order valence-corrected chi connectivity index (χ0v) is 16.8. The van der Waals surface area contributed by atoms with Crippen molar-refractivity contribution >= 4 is 5.78 Å². The molecule has 6 heteroatoms. The summed E-state index contributed by atoms with van der Waals surface area (Å²) in [4.78, 5) is 14.1. The molecule has 1 saturated heterocycles. The van der Waals surface area contributed by atoms with Crippen LogP contribution < -0.4 is 0 Å². The molecule has 1 aromatic carbocycles. The zero-order chi connectivity index (χ0) is 19.3. The lowest BCUT2D eigenvalue weighted by molar-refractivity contribution is 0.0678. The summed E-state index contributed by atoms with van der Waals surface area (Å²) in [5, 5.41) is 0. The Kier molecular flexibility index (Phi) is 6.00. The molecule has 0 bridgehead atoms. The summed E-state index contributed by atoms with van der Waals surface area (Å²) in [5.41, 5.74) is 3.33. The molecule has 0 spiro atoms. The topological polar surface area (TPSA) is 45.9 Å². The highest BCUT2D eigenvalue weighted by Gasteiger charge is 2.22. The van der Waals surface area contributed by atoms with Crippen molar-refractivity contribution in [2.24, 2.45) is 0 Å². The molecule has 148 valence electrons. The second-order valence-electron chi connectivity index (χ2n) is 7.74. The van der Waals surface area contributed by atoms with Crippen molar-refractivity contribution in [3.05, 3.63) is 54.5 Å². The van der Waals surface area contributed by atoms with Crippen molar-refractivity contribution < 1.29 is 4.74 Å². The van der Waals surface area contributed by atoms with E-state index in [2.05, 4.69) is 63.7 Å². The minimum Gasteiger partial charge on any atom is -0.377 e. The molecule has 0 N–H and O–H groups in total. The highest BCUT2D eigenvalue weighted by atomic mass is 16.5. The lowest BCUT2D eigenvalue weighted by atomic mass is 10.1. The maximum Gasteiger partial charge on any atom is 0.234 e. The minimum absolute atomic E-state index is 0.333. The standard InChI is InChI=1S/C22H29N5O/c1-25(2)13-14-26(16-19-10-6-15-28-19)17-20-21(18-8-4-3-5-9-18)24-22-23-11-7-12-27(20)22/h3-5,7-9,11-12,19H,6,10,13-17H2,1-2H3. The van der Waals surface area contributed by atoms with Crippen LogP contribution in [0.2, 0.25) is 0 Å². The zero-order valence-electron chi connectivity index (χ0n) is 16.8. The van der Waals surface area contributed by atoms with Crippen LogP contribution in [0.1, 0.15) is 18.5 Å². The van der Waals surface area contributed by atoms with Gasteiger partial charge in [-0.15, -0.1) is 0 Å². The number of aromatic nitrogens is 3. The van der Waals surface area contributed by atoms with E-state index in [4.69, 9.17) is 9.72 Å². The second-order valence-corrected chi connectivity index (χ2v) is 7.74. The third kappa shape index (κ3) is 4.41. The van der Waals surface area contributed by atoms with Gasteiger partial charge in [-0.3, -0.25) is 9.30 Å². The van der Waals surface area contributed by atoms with Crippen molar-refractivity contribution in [2.75, 3.05) is 40.3 Å². The van der Waals surface area contributed by atoms with Crippen LogP contribution in [0.5, 0.6) is 0 Å². The SMILES string of the molecule is CN(C)CCN(Cc1c(-c2ccccc2)nc2ncccn12)CC1CCCO1. The number of likely N-dealkylation sites (N-methyl/N-ethyl adjacent to an activating group) is 1. The van der Waals surface area contributed by atoms with E-state index in [1.807, 2.05) is 12.1 Å². The summed E-state index contributed by atoms with van der Waals surface area (Å²) in [6.45, 7) is 4.68. The molecule has 4 rings (SSSR count). The molecule has 1 unspecified atom stereocenters. The molecule has 1 aliphatic rings. The van der Waals surface area contributed by atoms with E-state index in [0.717, 1.165) is 56.2 Å². The van der Waals surface area contributed by atoms with E-state index in [9.17, 15) is 0 Å². The van der Waals surface area contributed by atoms with Crippen LogP contribution in [0, 0.1) is 0 Å². The number of ether oxygens (including phenoxy) is 1. The third-order valence-electron chi connectivity index (χ3n) is 5.27. The van der Waals surface area contributed by atoms with E-state index >= 15 is 0 Å². The first kappa shape index (κ1) is 19.1. The first-order valence-electron chi connectivity index (χ1n) is 10.1. The molecule has 0 aliphatic carbocycles. The molecule has 1 aliphatic heterocycles. The number of benzene rings is 1. The molecule has 0 amide bonds. The van der Waals surface area contributed by atoms with Gasteiger partial charge < -0.3 is 9.64 Å². The van der Waals surface area contributed by atoms with E-state index in [-0.39, 0.29) is 0 Å². The van der Waals surface area contributed by atoms with Crippen molar-refractivity contribution in [3.63, 3.8) is 0 Å². The van der Waals surface area contributed by atoms with Gasteiger partial charge in [-0.25, -0.2) is 9.97 Å². The number of fused-ring (bicyclic) bond motifs is 1. The summed E-state index contributed by atoms with van der Waals surface area (Å²) in [7, 11) is 4.25. The maximum absolute atomic E-state index is 5.92. The summed E-state index contributed by atoms with van der Waals surface area (Å²) in [6, 6.07) is 12.4. The predicted molar refractivity (Wildman–Crippen MR) is 111 cm³/mol. The molecule has 6 nitrogen and oxygen atoms in total. The van der Waals surface area contributed by atoms with Gasteiger partial charge in [0.2, 0.25) is 5.78 Å². The minimum atomic E-state index is 0.333. The first-order chi connectivity index (χ1) is 13.7. The Labute approximate surface area is 166 Å². The Morgan fingerprint density at radius 3 is 2.75 bits per heavy atom. The normalized spacial score (nSPS) is 17.2. The number of imidazole rings is 1. The monoisotopic (exact) mass is 379 g/mol. The summed E-state index contributed by atoms with van der Waals surface area (Å²) < 4.78 is 8.05. The van der Waals surface area contributed by atoms with Gasteiger partial charge >= 0.3 is 0 Å². The summed E-state index contributed by atoms with van der Waals surface area (Å²) in [6.07, 6.45) is 6.52. The van der Waals surface area contributed by atoms with Gasteiger partial charge in [-0.05, 0) is 33.0 Å². The first-order valence-corrected chi connectivity index (χ1v) is 10.1. The fraction of sp³-hybridized carbons (Fsp3) is 0.455. The van der Waals surface area contributed by atoms with Crippen LogP contribution in [-0.2, 0) is 11.3 Å². The lowest BCUT2D eigenvalue weighted by Crippen LogP contribution is -2.37. The van der Waals surface area contributed by atoms with Crippen LogP contribution in [-0.4, -0.2) is 70.6 Å². The molecule has 3 aromatic rings. The smallest absolute Gasteiger partial charge is 0.234 e. The fourth-order valence-electron chi connectivity index (χ4n) is 3.78.